The van der Waals surface area contributed by atoms with Crippen molar-refractivity contribution in [2.45, 2.75) is 26.8 Å². The Bertz CT molecular complexity index is 588. The van der Waals surface area contributed by atoms with Crippen molar-refractivity contribution in [2.24, 2.45) is 0 Å². The summed E-state index contributed by atoms with van der Waals surface area (Å²) in [7, 11) is 0. The van der Waals surface area contributed by atoms with E-state index in [1.54, 1.807) is 12.3 Å². The van der Waals surface area contributed by atoms with Gasteiger partial charge in [0.25, 0.3) is 0 Å². The molecule has 94 valence electrons. The maximum Gasteiger partial charge on any atom is 0.337 e. The number of aromatic nitrogens is 3. The van der Waals surface area contributed by atoms with Crippen LogP contribution in [-0.4, -0.2) is 25.8 Å². The molecule has 0 aromatic carbocycles. The number of hydrogen-bond acceptors (Lipinski definition) is 3. The molecular weight excluding hydrogens is 230 g/mol. The Morgan fingerprint density at radius 2 is 2.11 bits per heavy atom. The van der Waals surface area contributed by atoms with Crippen molar-refractivity contribution in [3.63, 3.8) is 0 Å². The van der Waals surface area contributed by atoms with Gasteiger partial charge in [-0.25, -0.2) is 4.79 Å². The van der Waals surface area contributed by atoms with Gasteiger partial charge in [-0.3, -0.25) is 9.67 Å². The molecule has 0 spiro atoms. The lowest BCUT2D eigenvalue weighted by molar-refractivity contribution is 0.0696. The fraction of sp³-hybridized carbons (Fsp3) is 0.308. The van der Waals surface area contributed by atoms with E-state index in [1.165, 1.54) is 6.20 Å². The number of pyridine rings is 1. The lowest BCUT2D eigenvalue weighted by Gasteiger charge is -2.03. The van der Waals surface area contributed by atoms with Crippen molar-refractivity contribution >= 4 is 5.97 Å². The lowest BCUT2D eigenvalue weighted by atomic mass is 10.1. The van der Waals surface area contributed by atoms with Gasteiger partial charge >= 0.3 is 5.97 Å². The highest BCUT2D eigenvalue weighted by Gasteiger charge is 2.11. The average molecular weight is 245 g/mol. The van der Waals surface area contributed by atoms with Crippen LogP contribution in [0.3, 0.4) is 0 Å². The predicted molar refractivity (Wildman–Crippen MR) is 67.5 cm³/mol. The van der Waals surface area contributed by atoms with Gasteiger partial charge in [-0.05, 0) is 26.8 Å². The molecule has 2 aromatic rings. The van der Waals surface area contributed by atoms with E-state index in [9.17, 15) is 4.79 Å². The van der Waals surface area contributed by atoms with E-state index in [0.717, 1.165) is 16.8 Å². The summed E-state index contributed by atoms with van der Waals surface area (Å²) in [4.78, 5) is 14.9. The first-order chi connectivity index (χ1) is 8.49. The number of carboxylic acids is 1. The smallest absolute Gasteiger partial charge is 0.337 e. The summed E-state index contributed by atoms with van der Waals surface area (Å²) in [5.41, 5.74) is 2.75. The third-order valence-corrected chi connectivity index (χ3v) is 2.74. The van der Waals surface area contributed by atoms with Crippen molar-refractivity contribution in [1.82, 2.24) is 14.8 Å². The molecular formula is C13H15N3O2. The molecule has 0 atom stereocenters. The molecule has 18 heavy (non-hydrogen) atoms. The largest absolute Gasteiger partial charge is 0.478 e. The van der Waals surface area contributed by atoms with Crippen LogP contribution in [0.2, 0.25) is 0 Å². The third-order valence-electron chi connectivity index (χ3n) is 2.74. The summed E-state index contributed by atoms with van der Waals surface area (Å²) in [5, 5.41) is 13.4. The Morgan fingerprint density at radius 1 is 1.39 bits per heavy atom. The molecule has 5 nitrogen and oxygen atoms in total. The predicted octanol–water partition coefficient (Wildman–Crippen LogP) is 2.53. The minimum absolute atomic E-state index is 0.184. The van der Waals surface area contributed by atoms with Crippen LogP contribution in [-0.2, 0) is 0 Å². The molecule has 0 bridgehead atoms. The van der Waals surface area contributed by atoms with E-state index < -0.39 is 5.97 Å². The number of carbonyl (C=O) groups is 1. The number of rotatable bonds is 3. The average Bonchev–Trinajstić information content (AvgIpc) is 2.72. The van der Waals surface area contributed by atoms with Crippen LogP contribution in [0.5, 0.6) is 0 Å². The summed E-state index contributed by atoms with van der Waals surface area (Å²) in [6, 6.07) is 1.89. The van der Waals surface area contributed by atoms with Crippen molar-refractivity contribution in [2.75, 3.05) is 0 Å². The molecule has 1 N–H and O–H groups in total. The maximum absolute atomic E-state index is 10.9. The van der Waals surface area contributed by atoms with E-state index in [2.05, 4.69) is 10.1 Å². The summed E-state index contributed by atoms with van der Waals surface area (Å²) >= 11 is 0. The Labute approximate surface area is 105 Å². The van der Waals surface area contributed by atoms with Gasteiger partial charge in [-0.2, -0.15) is 5.10 Å². The van der Waals surface area contributed by atoms with Gasteiger partial charge in [0, 0.05) is 35.8 Å². The summed E-state index contributed by atoms with van der Waals surface area (Å²) in [5.74, 6) is -0.974. The van der Waals surface area contributed by atoms with E-state index in [1.807, 2.05) is 31.6 Å². The minimum atomic E-state index is -0.974. The standard InChI is InChI=1S/C13H15N3O2/c1-8(2)16-7-12(9(3)15-16)10-4-11(13(17)18)6-14-5-10/h4-8H,1-3H3,(H,17,18). The third kappa shape index (κ3) is 2.25. The van der Waals surface area contributed by atoms with Crippen LogP contribution >= 0.6 is 0 Å². The Hall–Kier alpha value is -2.17. The fourth-order valence-electron chi connectivity index (χ4n) is 1.73. The topological polar surface area (TPSA) is 68.0 Å². The van der Waals surface area contributed by atoms with E-state index in [4.69, 9.17) is 5.11 Å². The molecule has 2 rings (SSSR count). The van der Waals surface area contributed by atoms with Crippen molar-refractivity contribution in [3.05, 3.63) is 35.9 Å². The number of carboxylic acid groups (broad SMARTS) is 1. The summed E-state index contributed by atoms with van der Waals surface area (Å²) < 4.78 is 1.86. The van der Waals surface area contributed by atoms with Crippen LogP contribution in [0.4, 0.5) is 0 Å². The SMILES string of the molecule is Cc1nn(C(C)C)cc1-c1cncc(C(=O)O)c1. The first-order valence-corrected chi connectivity index (χ1v) is 5.73. The molecule has 0 saturated heterocycles. The van der Waals surface area contributed by atoms with Crippen molar-refractivity contribution in [1.29, 1.82) is 0 Å². The van der Waals surface area contributed by atoms with Gasteiger partial charge in [0.1, 0.15) is 0 Å². The molecule has 0 aliphatic carbocycles. The fourth-order valence-corrected chi connectivity index (χ4v) is 1.73. The number of aryl methyl sites for hydroxylation is 1. The van der Waals surface area contributed by atoms with Gasteiger partial charge in [-0.1, -0.05) is 0 Å². The van der Waals surface area contributed by atoms with Crippen LogP contribution < -0.4 is 0 Å². The molecule has 0 saturated carbocycles. The highest BCUT2D eigenvalue weighted by molar-refractivity contribution is 5.88. The van der Waals surface area contributed by atoms with Crippen molar-refractivity contribution in [3.8, 4) is 11.1 Å². The van der Waals surface area contributed by atoms with E-state index in [0.29, 0.717) is 0 Å². The minimum Gasteiger partial charge on any atom is -0.478 e. The normalized spacial score (nSPS) is 10.9. The molecule has 2 aromatic heterocycles. The lowest BCUT2D eigenvalue weighted by Crippen LogP contribution is -2.00. The monoisotopic (exact) mass is 245 g/mol. The van der Waals surface area contributed by atoms with E-state index >= 15 is 0 Å². The van der Waals surface area contributed by atoms with Gasteiger partial charge < -0.3 is 5.11 Å². The van der Waals surface area contributed by atoms with Gasteiger partial charge in [0.15, 0.2) is 0 Å². The van der Waals surface area contributed by atoms with Crippen LogP contribution in [0.25, 0.3) is 11.1 Å². The first kappa shape index (κ1) is 12.3. The maximum atomic E-state index is 10.9. The Morgan fingerprint density at radius 3 is 2.67 bits per heavy atom. The number of nitrogens with zero attached hydrogens (tertiary/aromatic N) is 3. The highest BCUT2D eigenvalue weighted by Crippen LogP contribution is 2.23. The van der Waals surface area contributed by atoms with Crippen molar-refractivity contribution < 1.29 is 9.90 Å². The molecule has 0 aliphatic heterocycles. The zero-order valence-electron chi connectivity index (χ0n) is 10.6. The molecule has 5 heteroatoms. The van der Waals surface area contributed by atoms with Crippen LogP contribution in [0, 0.1) is 6.92 Å². The summed E-state index contributed by atoms with van der Waals surface area (Å²) in [6.45, 7) is 5.99. The second-order valence-electron chi connectivity index (χ2n) is 4.47. The quantitative estimate of drug-likeness (QED) is 0.902. The molecule has 0 radical (unpaired) electrons. The van der Waals surface area contributed by atoms with E-state index in [-0.39, 0.29) is 11.6 Å². The molecule has 0 fully saturated rings. The zero-order chi connectivity index (χ0) is 13.3. The van der Waals surface area contributed by atoms with Crippen LogP contribution in [0.1, 0.15) is 35.9 Å². The zero-order valence-corrected chi connectivity index (χ0v) is 10.6. The molecule has 0 amide bonds. The molecule has 0 unspecified atom stereocenters. The molecule has 0 aliphatic rings. The van der Waals surface area contributed by atoms with Gasteiger partial charge in [-0.15, -0.1) is 0 Å². The Kier molecular flexibility index (Phi) is 3.14. The number of hydrogen-bond donors (Lipinski definition) is 1. The molecule has 2 heterocycles. The number of aromatic carboxylic acids is 1. The highest BCUT2D eigenvalue weighted by atomic mass is 16.4. The van der Waals surface area contributed by atoms with Crippen LogP contribution in [0.15, 0.2) is 24.7 Å². The van der Waals surface area contributed by atoms with Gasteiger partial charge in [0.2, 0.25) is 0 Å². The Balaban J connectivity index is 2.48. The second kappa shape index (κ2) is 4.60. The summed E-state index contributed by atoms with van der Waals surface area (Å²) in [6.07, 6.45) is 4.91. The second-order valence-corrected chi connectivity index (χ2v) is 4.47. The first-order valence-electron chi connectivity index (χ1n) is 5.73. The van der Waals surface area contributed by atoms with Gasteiger partial charge in [0.05, 0.1) is 11.3 Å².